The number of ether oxygens (including phenoxy) is 1. The van der Waals surface area contributed by atoms with Crippen LogP contribution in [0.4, 0.5) is 0 Å². The lowest BCUT2D eigenvalue weighted by Crippen LogP contribution is -1.96. The fraction of sp³-hybridized carbons (Fsp3) is 0.727. The minimum Gasteiger partial charge on any atom is -0.508 e. The quantitative estimate of drug-likeness (QED) is 0.322. The van der Waals surface area contributed by atoms with Crippen molar-refractivity contribution in [1.29, 1.82) is 0 Å². The Labute approximate surface area is 149 Å². The summed E-state index contributed by atoms with van der Waals surface area (Å²) in [5.41, 5.74) is 0. The number of rotatable bonds is 16. The van der Waals surface area contributed by atoms with E-state index in [9.17, 15) is 5.11 Å². The molecule has 0 aliphatic carbocycles. The second kappa shape index (κ2) is 15.4. The highest BCUT2D eigenvalue weighted by molar-refractivity contribution is 5.29. The molecule has 0 saturated heterocycles. The van der Waals surface area contributed by atoms with Crippen molar-refractivity contribution in [3.63, 3.8) is 0 Å². The van der Waals surface area contributed by atoms with E-state index < -0.39 is 0 Å². The molecule has 0 amide bonds. The van der Waals surface area contributed by atoms with Gasteiger partial charge < -0.3 is 9.84 Å². The topological polar surface area (TPSA) is 29.5 Å². The zero-order valence-electron chi connectivity index (χ0n) is 15.8. The molecule has 0 unspecified atom stereocenters. The molecular weight excluding hydrogens is 296 g/mol. The first-order valence-corrected chi connectivity index (χ1v) is 10.2. The van der Waals surface area contributed by atoms with E-state index >= 15 is 0 Å². The van der Waals surface area contributed by atoms with Crippen LogP contribution in [0.1, 0.15) is 96.8 Å². The molecule has 0 radical (unpaired) electrons. The van der Waals surface area contributed by atoms with Crippen LogP contribution in [0.5, 0.6) is 11.5 Å². The molecule has 1 rings (SSSR count). The molecule has 0 aliphatic rings. The van der Waals surface area contributed by atoms with Gasteiger partial charge in [0.25, 0.3) is 0 Å². The summed E-state index contributed by atoms with van der Waals surface area (Å²) >= 11 is 0. The minimum absolute atomic E-state index is 0.291. The van der Waals surface area contributed by atoms with Gasteiger partial charge in [0.15, 0.2) is 0 Å². The molecular formula is C22H38O2. The summed E-state index contributed by atoms with van der Waals surface area (Å²) < 4.78 is 5.66. The van der Waals surface area contributed by atoms with E-state index in [1.54, 1.807) is 12.1 Å². The lowest BCUT2D eigenvalue weighted by molar-refractivity contribution is 0.303. The first-order chi connectivity index (χ1) is 11.8. The summed E-state index contributed by atoms with van der Waals surface area (Å²) in [5.74, 6) is 1.14. The molecule has 2 heteroatoms. The van der Waals surface area contributed by atoms with Crippen LogP contribution in [0.3, 0.4) is 0 Å². The highest BCUT2D eigenvalue weighted by Gasteiger charge is 1.96. The molecule has 0 fully saturated rings. The summed E-state index contributed by atoms with van der Waals surface area (Å²) in [6, 6.07) is 6.97. The van der Waals surface area contributed by atoms with Gasteiger partial charge in [0.2, 0.25) is 0 Å². The summed E-state index contributed by atoms with van der Waals surface area (Å²) in [6.07, 6.45) is 19.3. The van der Waals surface area contributed by atoms with Crippen molar-refractivity contribution in [2.75, 3.05) is 6.61 Å². The van der Waals surface area contributed by atoms with Crippen LogP contribution in [0.15, 0.2) is 24.3 Å². The van der Waals surface area contributed by atoms with Crippen molar-refractivity contribution in [3.05, 3.63) is 24.3 Å². The summed E-state index contributed by atoms with van der Waals surface area (Å²) in [6.45, 7) is 3.06. The van der Waals surface area contributed by atoms with Gasteiger partial charge in [-0.1, -0.05) is 90.4 Å². The maximum atomic E-state index is 9.20. The molecule has 0 saturated carbocycles. The van der Waals surface area contributed by atoms with Crippen molar-refractivity contribution in [2.24, 2.45) is 0 Å². The molecule has 2 nitrogen and oxygen atoms in total. The Kier molecular flexibility index (Phi) is 13.3. The van der Waals surface area contributed by atoms with Crippen LogP contribution < -0.4 is 4.74 Å². The first kappa shape index (κ1) is 20.9. The molecule has 1 N–H and O–H groups in total. The smallest absolute Gasteiger partial charge is 0.119 e. The number of hydrogen-bond donors (Lipinski definition) is 1. The largest absolute Gasteiger partial charge is 0.508 e. The van der Waals surface area contributed by atoms with E-state index in [1.165, 1.54) is 83.5 Å². The predicted molar refractivity (Wildman–Crippen MR) is 104 cm³/mol. The van der Waals surface area contributed by atoms with Crippen molar-refractivity contribution < 1.29 is 9.84 Å². The standard InChI is InChI=1S/C22H38O2/c1-2-3-4-5-6-7-8-9-10-11-12-13-14-15-20-24-22-18-16-21(23)17-19-22/h16-19,23H,2-15,20H2,1H3. The van der Waals surface area contributed by atoms with Gasteiger partial charge in [-0.25, -0.2) is 0 Å². The molecule has 0 heterocycles. The third-order valence-corrected chi connectivity index (χ3v) is 4.60. The molecule has 1 aromatic carbocycles. The number of phenolic OH excluding ortho intramolecular Hbond substituents is 1. The van der Waals surface area contributed by atoms with Crippen molar-refractivity contribution in [1.82, 2.24) is 0 Å². The molecule has 138 valence electrons. The third-order valence-electron chi connectivity index (χ3n) is 4.60. The number of benzene rings is 1. The average Bonchev–Trinajstić information content (AvgIpc) is 2.60. The Morgan fingerprint density at radius 1 is 0.625 bits per heavy atom. The van der Waals surface area contributed by atoms with Gasteiger partial charge in [-0.05, 0) is 30.7 Å². The Morgan fingerprint density at radius 2 is 1.04 bits per heavy atom. The Balaban J connectivity index is 1.75. The maximum absolute atomic E-state index is 9.20. The van der Waals surface area contributed by atoms with Gasteiger partial charge >= 0.3 is 0 Å². The average molecular weight is 335 g/mol. The zero-order chi connectivity index (χ0) is 17.3. The highest BCUT2D eigenvalue weighted by atomic mass is 16.5. The monoisotopic (exact) mass is 334 g/mol. The fourth-order valence-electron chi connectivity index (χ4n) is 3.03. The molecule has 0 aliphatic heterocycles. The Hall–Kier alpha value is -1.18. The van der Waals surface area contributed by atoms with Gasteiger partial charge in [0.05, 0.1) is 6.61 Å². The second-order valence-corrected chi connectivity index (χ2v) is 6.94. The van der Waals surface area contributed by atoms with E-state index in [-0.39, 0.29) is 0 Å². The van der Waals surface area contributed by atoms with Crippen molar-refractivity contribution in [2.45, 2.75) is 96.8 Å². The molecule has 24 heavy (non-hydrogen) atoms. The van der Waals surface area contributed by atoms with Gasteiger partial charge in [-0.3, -0.25) is 0 Å². The summed E-state index contributed by atoms with van der Waals surface area (Å²) in [7, 11) is 0. The SMILES string of the molecule is CCCCCCCCCCCCCCCCOc1ccc(O)cc1. The summed E-state index contributed by atoms with van der Waals surface area (Å²) in [4.78, 5) is 0. The van der Waals surface area contributed by atoms with Crippen LogP contribution in [0.25, 0.3) is 0 Å². The van der Waals surface area contributed by atoms with Gasteiger partial charge in [-0.2, -0.15) is 0 Å². The van der Waals surface area contributed by atoms with Gasteiger partial charge in [0, 0.05) is 0 Å². The second-order valence-electron chi connectivity index (χ2n) is 6.94. The van der Waals surface area contributed by atoms with E-state index in [4.69, 9.17) is 4.74 Å². The van der Waals surface area contributed by atoms with E-state index in [0.717, 1.165) is 18.8 Å². The number of aromatic hydroxyl groups is 1. The Bertz CT molecular complexity index is 372. The molecule has 0 aromatic heterocycles. The predicted octanol–water partition coefficient (Wildman–Crippen LogP) is 7.25. The third kappa shape index (κ3) is 12.3. The van der Waals surface area contributed by atoms with Crippen LogP contribution >= 0.6 is 0 Å². The molecule has 0 atom stereocenters. The fourth-order valence-corrected chi connectivity index (χ4v) is 3.03. The van der Waals surface area contributed by atoms with Gasteiger partial charge in [0.1, 0.15) is 11.5 Å². The van der Waals surface area contributed by atoms with E-state index in [0.29, 0.717) is 5.75 Å². The lowest BCUT2D eigenvalue weighted by atomic mass is 10.0. The lowest BCUT2D eigenvalue weighted by Gasteiger charge is -2.06. The number of hydrogen-bond acceptors (Lipinski definition) is 2. The van der Waals surface area contributed by atoms with Crippen molar-refractivity contribution in [3.8, 4) is 11.5 Å². The highest BCUT2D eigenvalue weighted by Crippen LogP contribution is 2.17. The maximum Gasteiger partial charge on any atom is 0.119 e. The Morgan fingerprint density at radius 3 is 1.50 bits per heavy atom. The van der Waals surface area contributed by atoms with Crippen LogP contribution in [-0.4, -0.2) is 11.7 Å². The van der Waals surface area contributed by atoms with E-state index in [1.807, 2.05) is 12.1 Å². The minimum atomic E-state index is 0.291. The number of phenols is 1. The molecule has 0 spiro atoms. The van der Waals surface area contributed by atoms with Crippen LogP contribution in [0, 0.1) is 0 Å². The van der Waals surface area contributed by atoms with Crippen molar-refractivity contribution >= 4 is 0 Å². The van der Waals surface area contributed by atoms with Gasteiger partial charge in [-0.15, -0.1) is 0 Å². The van der Waals surface area contributed by atoms with Crippen LogP contribution in [-0.2, 0) is 0 Å². The summed E-state index contributed by atoms with van der Waals surface area (Å²) in [5, 5.41) is 9.20. The molecule has 0 bridgehead atoms. The van der Waals surface area contributed by atoms with E-state index in [2.05, 4.69) is 6.92 Å². The molecule has 1 aromatic rings. The zero-order valence-corrected chi connectivity index (χ0v) is 15.8. The normalized spacial score (nSPS) is 10.9. The first-order valence-electron chi connectivity index (χ1n) is 10.2. The number of unbranched alkanes of at least 4 members (excludes halogenated alkanes) is 13. The van der Waals surface area contributed by atoms with Crippen LogP contribution in [0.2, 0.25) is 0 Å².